The first-order chi connectivity index (χ1) is 7.69. The summed E-state index contributed by atoms with van der Waals surface area (Å²) < 4.78 is 5.49. The van der Waals surface area contributed by atoms with Gasteiger partial charge < -0.3 is 4.74 Å². The molecule has 0 heterocycles. The van der Waals surface area contributed by atoms with Crippen LogP contribution in [0.5, 0.6) is 0 Å². The van der Waals surface area contributed by atoms with E-state index in [0.29, 0.717) is 12.4 Å². The monoisotopic (exact) mass is 220 g/mol. The Morgan fingerprint density at radius 2 is 2.31 bits per heavy atom. The molecular formula is C14H20O2. The van der Waals surface area contributed by atoms with E-state index in [0.717, 1.165) is 31.4 Å². The molecule has 2 rings (SSSR count). The van der Waals surface area contributed by atoms with Gasteiger partial charge in [-0.2, -0.15) is 0 Å². The van der Waals surface area contributed by atoms with Crippen LogP contribution in [0.2, 0.25) is 0 Å². The Balaban J connectivity index is 2.20. The molecule has 1 spiro atoms. The summed E-state index contributed by atoms with van der Waals surface area (Å²) in [6.45, 7) is 4.80. The summed E-state index contributed by atoms with van der Waals surface area (Å²) >= 11 is 0. The molecule has 2 heteroatoms. The smallest absolute Gasteiger partial charge is 0.143 e. The molecule has 0 bridgehead atoms. The van der Waals surface area contributed by atoms with Crippen molar-refractivity contribution < 1.29 is 9.53 Å². The van der Waals surface area contributed by atoms with Crippen LogP contribution in [-0.2, 0) is 9.53 Å². The molecule has 0 aromatic rings. The maximum absolute atomic E-state index is 12.1. The number of ketones is 1. The number of carbonyl (C=O) groups excluding carboxylic acids is 1. The van der Waals surface area contributed by atoms with Gasteiger partial charge in [0, 0.05) is 6.42 Å². The number of hydrogen-bond donors (Lipinski definition) is 0. The zero-order valence-electron chi connectivity index (χ0n) is 10.2. The van der Waals surface area contributed by atoms with Gasteiger partial charge in [0.2, 0.25) is 0 Å². The van der Waals surface area contributed by atoms with Crippen LogP contribution in [0.4, 0.5) is 0 Å². The molecule has 0 N–H and O–H groups in total. The van der Waals surface area contributed by atoms with Crippen molar-refractivity contribution in [2.24, 2.45) is 11.3 Å². The molecule has 88 valence electrons. The second-order valence-corrected chi connectivity index (χ2v) is 4.79. The SMILES string of the molecule is CCOC1=CC(C)C2(C=C1)CCCCC2=O. The fourth-order valence-electron chi connectivity index (χ4n) is 2.83. The van der Waals surface area contributed by atoms with Crippen molar-refractivity contribution in [2.45, 2.75) is 39.5 Å². The van der Waals surface area contributed by atoms with E-state index in [9.17, 15) is 4.79 Å². The van der Waals surface area contributed by atoms with Gasteiger partial charge in [-0.05, 0) is 37.8 Å². The van der Waals surface area contributed by atoms with Crippen LogP contribution in [0.1, 0.15) is 39.5 Å². The largest absolute Gasteiger partial charge is 0.494 e. The molecule has 1 saturated carbocycles. The van der Waals surface area contributed by atoms with E-state index >= 15 is 0 Å². The first kappa shape index (κ1) is 11.4. The second-order valence-electron chi connectivity index (χ2n) is 4.79. The lowest BCUT2D eigenvalue weighted by Crippen LogP contribution is -2.39. The molecule has 0 radical (unpaired) electrons. The fourth-order valence-corrected chi connectivity index (χ4v) is 2.83. The second kappa shape index (κ2) is 4.44. The number of Topliss-reactive ketones (excluding diaryl/α,β-unsaturated/α-hetero) is 1. The van der Waals surface area contributed by atoms with E-state index in [1.54, 1.807) is 0 Å². The van der Waals surface area contributed by atoms with Crippen LogP contribution < -0.4 is 0 Å². The summed E-state index contributed by atoms with van der Waals surface area (Å²) in [6.07, 6.45) is 10.1. The first-order valence-electron chi connectivity index (χ1n) is 6.26. The molecule has 0 saturated heterocycles. The summed E-state index contributed by atoms with van der Waals surface area (Å²) in [5.74, 6) is 1.60. The van der Waals surface area contributed by atoms with Crippen molar-refractivity contribution >= 4 is 5.78 Å². The minimum atomic E-state index is -0.223. The molecule has 2 aliphatic rings. The van der Waals surface area contributed by atoms with Gasteiger partial charge in [-0.1, -0.05) is 19.4 Å². The van der Waals surface area contributed by atoms with E-state index in [-0.39, 0.29) is 11.3 Å². The summed E-state index contributed by atoms with van der Waals surface area (Å²) in [7, 11) is 0. The van der Waals surface area contributed by atoms with Gasteiger partial charge in [0.15, 0.2) is 0 Å². The average molecular weight is 220 g/mol. The Morgan fingerprint density at radius 3 is 2.94 bits per heavy atom. The van der Waals surface area contributed by atoms with Gasteiger partial charge in [0.05, 0.1) is 12.0 Å². The van der Waals surface area contributed by atoms with Gasteiger partial charge in [-0.15, -0.1) is 0 Å². The highest BCUT2D eigenvalue weighted by Gasteiger charge is 2.42. The molecule has 0 aromatic carbocycles. The van der Waals surface area contributed by atoms with Gasteiger partial charge in [0.1, 0.15) is 11.5 Å². The van der Waals surface area contributed by atoms with E-state index < -0.39 is 0 Å². The van der Waals surface area contributed by atoms with Crippen molar-refractivity contribution in [1.29, 1.82) is 0 Å². The van der Waals surface area contributed by atoms with Crippen molar-refractivity contribution in [3.8, 4) is 0 Å². The van der Waals surface area contributed by atoms with E-state index in [1.807, 2.05) is 13.0 Å². The maximum atomic E-state index is 12.1. The normalized spacial score (nSPS) is 34.0. The Labute approximate surface area is 97.4 Å². The Hall–Kier alpha value is -1.05. The topological polar surface area (TPSA) is 26.3 Å². The Kier molecular flexibility index (Phi) is 3.17. The van der Waals surface area contributed by atoms with Crippen LogP contribution in [0.3, 0.4) is 0 Å². The number of carbonyl (C=O) groups is 1. The minimum Gasteiger partial charge on any atom is -0.494 e. The predicted octanol–water partition coefficient (Wildman–Crippen LogP) is 3.24. The minimum absolute atomic E-state index is 0.223. The van der Waals surface area contributed by atoms with Gasteiger partial charge in [-0.25, -0.2) is 0 Å². The number of allylic oxidation sites excluding steroid dienone is 3. The van der Waals surface area contributed by atoms with Crippen LogP contribution >= 0.6 is 0 Å². The standard InChI is InChI=1S/C14H20O2/c1-3-16-12-7-9-14(11(2)10-12)8-5-4-6-13(14)15/h7,9-11H,3-6,8H2,1-2H3. The third-order valence-electron chi connectivity index (χ3n) is 3.85. The fraction of sp³-hybridized carbons (Fsp3) is 0.643. The van der Waals surface area contributed by atoms with Gasteiger partial charge in [-0.3, -0.25) is 4.79 Å². The number of rotatable bonds is 2. The molecule has 0 amide bonds. The molecule has 2 atom stereocenters. The number of ether oxygens (including phenoxy) is 1. The quantitative estimate of drug-likeness (QED) is 0.714. The summed E-state index contributed by atoms with van der Waals surface area (Å²) in [5.41, 5.74) is -0.223. The van der Waals surface area contributed by atoms with Gasteiger partial charge >= 0.3 is 0 Å². The van der Waals surface area contributed by atoms with E-state index in [4.69, 9.17) is 4.74 Å². The Bertz CT molecular complexity index is 341. The van der Waals surface area contributed by atoms with Crippen LogP contribution in [0, 0.1) is 11.3 Å². The molecule has 2 aliphatic carbocycles. The molecule has 0 aliphatic heterocycles. The first-order valence-corrected chi connectivity index (χ1v) is 6.26. The van der Waals surface area contributed by atoms with E-state index in [2.05, 4.69) is 19.1 Å². The Morgan fingerprint density at radius 1 is 1.50 bits per heavy atom. The van der Waals surface area contributed by atoms with Gasteiger partial charge in [0.25, 0.3) is 0 Å². The maximum Gasteiger partial charge on any atom is 0.143 e. The van der Waals surface area contributed by atoms with Crippen LogP contribution in [0.25, 0.3) is 0 Å². The van der Waals surface area contributed by atoms with Crippen molar-refractivity contribution in [3.63, 3.8) is 0 Å². The highest BCUT2D eigenvalue weighted by Crippen LogP contribution is 2.44. The summed E-state index contributed by atoms with van der Waals surface area (Å²) in [4.78, 5) is 12.1. The third kappa shape index (κ3) is 1.81. The molecule has 1 fully saturated rings. The van der Waals surface area contributed by atoms with E-state index in [1.165, 1.54) is 0 Å². The number of hydrogen-bond acceptors (Lipinski definition) is 2. The molecule has 0 aromatic heterocycles. The molecule has 2 nitrogen and oxygen atoms in total. The lowest BCUT2D eigenvalue weighted by atomic mass is 9.64. The third-order valence-corrected chi connectivity index (χ3v) is 3.85. The summed E-state index contributed by atoms with van der Waals surface area (Å²) in [6, 6.07) is 0. The molecule has 2 unspecified atom stereocenters. The summed E-state index contributed by atoms with van der Waals surface area (Å²) in [5, 5.41) is 0. The highest BCUT2D eigenvalue weighted by atomic mass is 16.5. The lowest BCUT2D eigenvalue weighted by Gasteiger charge is -2.39. The van der Waals surface area contributed by atoms with Crippen LogP contribution in [-0.4, -0.2) is 12.4 Å². The van der Waals surface area contributed by atoms with Crippen LogP contribution in [0.15, 0.2) is 24.0 Å². The van der Waals surface area contributed by atoms with Crippen molar-refractivity contribution in [1.82, 2.24) is 0 Å². The predicted molar refractivity (Wildman–Crippen MR) is 63.9 cm³/mol. The molecule has 16 heavy (non-hydrogen) atoms. The zero-order chi connectivity index (χ0) is 11.6. The average Bonchev–Trinajstić information content (AvgIpc) is 2.27. The van der Waals surface area contributed by atoms with Crippen molar-refractivity contribution in [2.75, 3.05) is 6.61 Å². The molecular weight excluding hydrogens is 200 g/mol. The highest BCUT2D eigenvalue weighted by molar-refractivity contribution is 5.88. The lowest BCUT2D eigenvalue weighted by molar-refractivity contribution is -0.130. The zero-order valence-corrected chi connectivity index (χ0v) is 10.2. The van der Waals surface area contributed by atoms with Crippen molar-refractivity contribution in [3.05, 3.63) is 24.0 Å².